The summed E-state index contributed by atoms with van der Waals surface area (Å²) < 4.78 is 10.3. The lowest BCUT2D eigenvalue weighted by molar-refractivity contribution is -0.0311. The van der Waals surface area contributed by atoms with E-state index in [0.29, 0.717) is 23.3 Å². The van der Waals surface area contributed by atoms with Crippen LogP contribution >= 0.6 is 0 Å². The van der Waals surface area contributed by atoms with Gasteiger partial charge in [0, 0.05) is 11.8 Å². The molecule has 1 aliphatic heterocycles. The molecule has 1 aliphatic carbocycles. The molecule has 0 unspecified atom stereocenters. The lowest BCUT2D eigenvalue weighted by Crippen LogP contribution is -2.27. The molecule has 1 saturated heterocycles. The average molecular weight is 245 g/mol. The molecular weight excluding hydrogens is 230 g/mol. The van der Waals surface area contributed by atoms with Gasteiger partial charge in [0.25, 0.3) is 5.89 Å². The van der Waals surface area contributed by atoms with E-state index in [1.807, 2.05) is 6.92 Å². The summed E-state index contributed by atoms with van der Waals surface area (Å²) in [6.45, 7) is 3.53. The van der Waals surface area contributed by atoms with Crippen molar-refractivity contribution >= 4 is 5.57 Å². The molecule has 5 heteroatoms. The van der Waals surface area contributed by atoms with Gasteiger partial charge in [-0.3, -0.25) is 0 Å². The number of nitriles is 1. The van der Waals surface area contributed by atoms with Gasteiger partial charge < -0.3 is 9.26 Å². The van der Waals surface area contributed by atoms with Gasteiger partial charge in [0.1, 0.15) is 11.6 Å². The molecule has 0 N–H and O–H groups in total. The normalized spacial score (nSPS) is 21.1. The van der Waals surface area contributed by atoms with E-state index in [-0.39, 0.29) is 0 Å². The van der Waals surface area contributed by atoms with Crippen LogP contribution in [-0.2, 0) is 4.74 Å². The predicted octanol–water partition coefficient (Wildman–Crippen LogP) is 2.28. The molecule has 2 aliphatic rings. The van der Waals surface area contributed by atoms with Crippen molar-refractivity contribution in [1.29, 1.82) is 5.26 Å². The minimum atomic E-state index is 0.372. The summed E-state index contributed by atoms with van der Waals surface area (Å²) in [7, 11) is 0. The number of hydrogen-bond acceptors (Lipinski definition) is 5. The van der Waals surface area contributed by atoms with Gasteiger partial charge in [-0.25, -0.2) is 0 Å². The monoisotopic (exact) mass is 245 g/mol. The summed E-state index contributed by atoms with van der Waals surface area (Å²) in [5, 5.41) is 13.2. The largest absolute Gasteiger partial charge is 0.381 e. The first kappa shape index (κ1) is 11.4. The standard InChI is InChI=1S/C13H15N3O2/c1-8(4-9-6-17-7-9)11(5-14)13-15-12(16-18-13)10-2-3-10/h9-10H,2-4,6-7H2,1H3/b11-8+. The topological polar surface area (TPSA) is 71.9 Å². The average Bonchev–Trinajstić information content (AvgIpc) is 3.05. The predicted molar refractivity (Wildman–Crippen MR) is 63.4 cm³/mol. The number of ether oxygens (including phenoxy) is 1. The fourth-order valence-electron chi connectivity index (χ4n) is 2.11. The van der Waals surface area contributed by atoms with Gasteiger partial charge in [-0.1, -0.05) is 5.16 Å². The molecule has 0 atom stereocenters. The van der Waals surface area contributed by atoms with Crippen molar-refractivity contribution < 1.29 is 9.26 Å². The Bertz CT molecular complexity index is 519. The zero-order chi connectivity index (χ0) is 12.5. The maximum Gasteiger partial charge on any atom is 0.268 e. The third-order valence-electron chi connectivity index (χ3n) is 3.44. The van der Waals surface area contributed by atoms with Gasteiger partial charge in [-0.2, -0.15) is 10.2 Å². The minimum absolute atomic E-state index is 0.372. The van der Waals surface area contributed by atoms with E-state index in [1.165, 1.54) is 0 Å². The molecule has 0 amide bonds. The van der Waals surface area contributed by atoms with Crippen molar-refractivity contribution in [3.63, 3.8) is 0 Å². The molecule has 3 rings (SSSR count). The SMILES string of the molecule is C/C(CC1COC1)=C(/C#N)c1nc(C2CC2)no1. The van der Waals surface area contributed by atoms with E-state index >= 15 is 0 Å². The molecule has 0 bridgehead atoms. The molecule has 2 fully saturated rings. The van der Waals surface area contributed by atoms with Gasteiger partial charge in [0.15, 0.2) is 5.82 Å². The number of nitrogens with zero attached hydrogens (tertiary/aromatic N) is 3. The number of rotatable bonds is 4. The van der Waals surface area contributed by atoms with Crippen molar-refractivity contribution in [2.24, 2.45) is 5.92 Å². The van der Waals surface area contributed by atoms with E-state index in [4.69, 9.17) is 9.26 Å². The molecule has 5 nitrogen and oxygen atoms in total. The molecule has 18 heavy (non-hydrogen) atoms. The van der Waals surface area contributed by atoms with Gasteiger partial charge in [-0.15, -0.1) is 0 Å². The molecule has 0 aromatic carbocycles. The van der Waals surface area contributed by atoms with Crippen molar-refractivity contribution in [2.75, 3.05) is 13.2 Å². The first-order chi connectivity index (χ1) is 8.78. The van der Waals surface area contributed by atoms with E-state index in [1.54, 1.807) is 0 Å². The summed E-state index contributed by atoms with van der Waals surface area (Å²) >= 11 is 0. The molecule has 1 aromatic heterocycles. The zero-order valence-electron chi connectivity index (χ0n) is 10.3. The van der Waals surface area contributed by atoms with Crippen LogP contribution in [0.3, 0.4) is 0 Å². The quantitative estimate of drug-likeness (QED) is 0.761. The lowest BCUT2D eigenvalue weighted by atomic mass is 9.96. The number of hydrogen-bond donors (Lipinski definition) is 0. The summed E-state index contributed by atoms with van der Waals surface area (Å²) in [5.74, 6) is 2.09. The highest BCUT2D eigenvalue weighted by Gasteiger charge is 2.30. The van der Waals surface area contributed by atoms with Crippen LogP contribution in [0.15, 0.2) is 10.1 Å². The second-order valence-electron chi connectivity index (χ2n) is 5.11. The first-order valence-corrected chi connectivity index (χ1v) is 6.29. The molecule has 0 radical (unpaired) electrons. The molecule has 1 aromatic rings. The Morgan fingerprint density at radius 2 is 2.22 bits per heavy atom. The molecular formula is C13H15N3O2. The van der Waals surface area contributed by atoms with Gasteiger partial charge in [-0.05, 0) is 31.8 Å². The van der Waals surface area contributed by atoms with Crippen LogP contribution in [0.4, 0.5) is 0 Å². The van der Waals surface area contributed by atoms with Crippen molar-refractivity contribution in [3.8, 4) is 6.07 Å². The van der Waals surface area contributed by atoms with E-state index in [0.717, 1.165) is 43.9 Å². The Labute approximate surface area is 105 Å². The van der Waals surface area contributed by atoms with Crippen LogP contribution in [-0.4, -0.2) is 23.4 Å². The van der Waals surface area contributed by atoms with Crippen LogP contribution < -0.4 is 0 Å². The second kappa shape index (κ2) is 4.54. The molecule has 2 heterocycles. The third kappa shape index (κ3) is 2.16. The van der Waals surface area contributed by atoms with Crippen LogP contribution in [0.25, 0.3) is 5.57 Å². The van der Waals surface area contributed by atoms with Crippen molar-refractivity contribution in [3.05, 3.63) is 17.3 Å². The maximum atomic E-state index is 9.25. The number of aromatic nitrogens is 2. The summed E-state index contributed by atoms with van der Waals surface area (Å²) in [6, 6.07) is 2.19. The van der Waals surface area contributed by atoms with Crippen LogP contribution in [0.1, 0.15) is 43.8 Å². The Hall–Kier alpha value is -1.67. The Balaban J connectivity index is 1.80. The highest BCUT2D eigenvalue weighted by molar-refractivity contribution is 5.74. The highest BCUT2D eigenvalue weighted by Crippen LogP contribution is 2.38. The zero-order valence-corrected chi connectivity index (χ0v) is 10.3. The van der Waals surface area contributed by atoms with Crippen LogP contribution in [0.5, 0.6) is 0 Å². The van der Waals surface area contributed by atoms with Crippen molar-refractivity contribution in [2.45, 2.75) is 32.1 Å². The third-order valence-corrected chi connectivity index (χ3v) is 3.44. The Kier molecular flexibility index (Phi) is 2.88. The molecule has 1 saturated carbocycles. The van der Waals surface area contributed by atoms with E-state index in [2.05, 4.69) is 16.2 Å². The molecule has 0 spiro atoms. The van der Waals surface area contributed by atoms with Gasteiger partial charge in [0.2, 0.25) is 0 Å². The summed E-state index contributed by atoms with van der Waals surface area (Å²) in [6.07, 6.45) is 3.12. The second-order valence-corrected chi connectivity index (χ2v) is 5.11. The van der Waals surface area contributed by atoms with Crippen LogP contribution in [0.2, 0.25) is 0 Å². The fraction of sp³-hybridized carbons (Fsp3) is 0.615. The van der Waals surface area contributed by atoms with Gasteiger partial charge in [0.05, 0.1) is 13.2 Å². The smallest absolute Gasteiger partial charge is 0.268 e. The first-order valence-electron chi connectivity index (χ1n) is 6.29. The van der Waals surface area contributed by atoms with Crippen LogP contribution in [0, 0.1) is 17.2 Å². The summed E-state index contributed by atoms with van der Waals surface area (Å²) in [4.78, 5) is 4.33. The summed E-state index contributed by atoms with van der Waals surface area (Å²) in [5.41, 5.74) is 1.54. The maximum absolute atomic E-state index is 9.25. The van der Waals surface area contributed by atoms with E-state index < -0.39 is 0 Å². The molecule has 94 valence electrons. The fourth-order valence-corrected chi connectivity index (χ4v) is 2.11. The lowest BCUT2D eigenvalue weighted by Gasteiger charge is -2.26. The number of allylic oxidation sites excluding steroid dienone is 2. The van der Waals surface area contributed by atoms with Crippen molar-refractivity contribution in [1.82, 2.24) is 10.1 Å². The van der Waals surface area contributed by atoms with Gasteiger partial charge >= 0.3 is 0 Å². The Morgan fingerprint density at radius 3 is 2.78 bits per heavy atom. The van der Waals surface area contributed by atoms with E-state index in [9.17, 15) is 5.26 Å². The minimum Gasteiger partial charge on any atom is -0.381 e. The Morgan fingerprint density at radius 1 is 1.44 bits per heavy atom. The highest BCUT2D eigenvalue weighted by atomic mass is 16.5.